The first-order chi connectivity index (χ1) is 8.49. The fourth-order valence-electron chi connectivity index (χ4n) is 1.36. The molecule has 0 spiro atoms. The van der Waals surface area contributed by atoms with Crippen molar-refractivity contribution in [3.63, 3.8) is 0 Å². The van der Waals surface area contributed by atoms with Crippen LogP contribution in [0.3, 0.4) is 0 Å². The van der Waals surface area contributed by atoms with Gasteiger partial charge in [-0.1, -0.05) is 29.8 Å². The van der Waals surface area contributed by atoms with Crippen LogP contribution >= 0.6 is 11.6 Å². The Morgan fingerprint density at radius 2 is 1.83 bits per heavy atom. The van der Waals surface area contributed by atoms with Crippen LogP contribution < -0.4 is 10.5 Å². The van der Waals surface area contributed by atoms with Crippen molar-refractivity contribution in [2.75, 3.05) is 10.5 Å². The fraction of sp³-hybridized carbons (Fsp3) is 0. The topological polar surface area (TPSA) is 85.1 Å². The third-order valence-corrected chi connectivity index (χ3v) is 3.99. The summed E-state index contributed by atoms with van der Waals surface area (Å²) in [5.74, 6) is 0.379. The Balaban J connectivity index is 2.37. The van der Waals surface area contributed by atoms with Crippen LogP contribution in [0.15, 0.2) is 47.4 Å². The van der Waals surface area contributed by atoms with Gasteiger partial charge < -0.3 is 5.73 Å². The third-order valence-electron chi connectivity index (χ3n) is 2.14. The number of hydrogen-bond acceptors (Lipinski definition) is 4. The van der Waals surface area contributed by atoms with E-state index in [2.05, 4.69) is 9.71 Å². The summed E-state index contributed by atoms with van der Waals surface area (Å²) in [6.07, 6.45) is 0. The van der Waals surface area contributed by atoms with Crippen LogP contribution in [0.5, 0.6) is 0 Å². The van der Waals surface area contributed by atoms with E-state index >= 15 is 0 Å². The van der Waals surface area contributed by atoms with Crippen LogP contribution in [0, 0.1) is 0 Å². The number of sulfonamides is 1. The molecule has 0 saturated carbocycles. The summed E-state index contributed by atoms with van der Waals surface area (Å²) < 4.78 is 26.4. The van der Waals surface area contributed by atoms with E-state index in [-0.39, 0.29) is 21.6 Å². The molecule has 1 heterocycles. The number of benzene rings is 1. The number of aromatic nitrogens is 1. The number of nitrogens with two attached hydrogens (primary N) is 1. The maximum atomic E-state index is 12.1. The molecule has 0 aliphatic carbocycles. The van der Waals surface area contributed by atoms with Crippen LogP contribution in [0.1, 0.15) is 0 Å². The molecular formula is C11H10ClN3O2S. The van der Waals surface area contributed by atoms with E-state index in [1.807, 2.05) is 0 Å². The van der Waals surface area contributed by atoms with E-state index in [0.29, 0.717) is 0 Å². The minimum atomic E-state index is -3.76. The van der Waals surface area contributed by atoms with Gasteiger partial charge in [0.2, 0.25) is 0 Å². The maximum absolute atomic E-state index is 12.1. The highest BCUT2D eigenvalue weighted by molar-refractivity contribution is 7.92. The predicted molar refractivity (Wildman–Crippen MR) is 70.9 cm³/mol. The summed E-state index contributed by atoms with van der Waals surface area (Å²) in [5.41, 5.74) is 5.47. The Bertz CT molecular complexity index is 673. The second kappa shape index (κ2) is 4.83. The van der Waals surface area contributed by atoms with Crippen molar-refractivity contribution in [1.29, 1.82) is 0 Å². The number of rotatable bonds is 3. The van der Waals surface area contributed by atoms with Crippen molar-refractivity contribution in [3.05, 3.63) is 47.5 Å². The molecule has 1 aromatic carbocycles. The second-order valence-corrected chi connectivity index (χ2v) is 5.54. The van der Waals surface area contributed by atoms with Crippen LogP contribution in [0.4, 0.5) is 11.6 Å². The fourth-order valence-corrected chi connectivity index (χ4v) is 2.89. The molecule has 0 radical (unpaired) electrons. The first kappa shape index (κ1) is 12.7. The lowest BCUT2D eigenvalue weighted by atomic mass is 10.4. The molecule has 2 rings (SSSR count). The number of pyridine rings is 1. The highest BCUT2D eigenvalue weighted by Gasteiger charge is 2.17. The standard InChI is InChI=1S/C11H10ClN3O2S/c12-8-4-1-2-5-9(8)18(16,17)15-11-7-3-6-10(13)14-11/h1-7H,(H3,13,14,15). The summed E-state index contributed by atoms with van der Waals surface area (Å²) in [6, 6.07) is 10.8. The van der Waals surface area contributed by atoms with Gasteiger partial charge in [-0.05, 0) is 24.3 Å². The summed E-state index contributed by atoms with van der Waals surface area (Å²) in [4.78, 5) is 3.85. The molecule has 0 unspecified atom stereocenters. The number of nitrogens with one attached hydrogen (secondary N) is 1. The SMILES string of the molecule is Nc1cccc(NS(=O)(=O)c2ccccc2Cl)n1. The van der Waals surface area contributed by atoms with Gasteiger partial charge in [-0.2, -0.15) is 0 Å². The van der Waals surface area contributed by atoms with Gasteiger partial charge in [0.15, 0.2) is 0 Å². The van der Waals surface area contributed by atoms with E-state index in [1.165, 1.54) is 18.2 Å². The Morgan fingerprint density at radius 1 is 1.11 bits per heavy atom. The van der Waals surface area contributed by atoms with E-state index in [1.54, 1.807) is 24.3 Å². The Morgan fingerprint density at radius 3 is 2.50 bits per heavy atom. The minimum Gasteiger partial charge on any atom is -0.384 e. The van der Waals surface area contributed by atoms with E-state index < -0.39 is 10.0 Å². The smallest absolute Gasteiger partial charge is 0.264 e. The van der Waals surface area contributed by atoms with Gasteiger partial charge in [0.05, 0.1) is 5.02 Å². The summed E-state index contributed by atoms with van der Waals surface area (Å²) in [6.45, 7) is 0. The molecule has 7 heteroatoms. The molecule has 0 aliphatic rings. The average Bonchev–Trinajstić information content (AvgIpc) is 2.28. The number of anilines is 2. The zero-order chi connectivity index (χ0) is 13.2. The van der Waals surface area contributed by atoms with Crippen molar-refractivity contribution < 1.29 is 8.42 Å². The van der Waals surface area contributed by atoms with Crippen LogP contribution in [0.2, 0.25) is 5.02 Å². The van der Waals surface area contributed by atoms with Crippen LogP contribution in [-0.2, 0) is 10.0 Å². The van der Waals surface area contributed by atoms with Crippen LogP contribution in [0.25, 0.3) is 0 Å². The number of nitrogens with zero attached hydrogens (tertiary/aromatic N) is 1. The molecule has 5 nitrogen and oxygen atoms in total. The molecule has 0 fully saturated rings. The first-order valence-electron chi connectivity index (χ1n) is 4.99. The van der Waals surface area contributed by atoms with E-state index in [9.17, 15) is 8.42 Å². The van der Waals surface area contributed by atoms with Crippen LogP contribution in [-0.4, -0.2) is 13.4 Å². The molecule has 2 aromatic rings. The Hall–Kier alpha value is -1.79. The van der Waals surface area contributed by atoms with Gasteiger partial charge in [-0.15, -0.1) is 0 Å². The van der Waals surface area contributed by atoms with E-state index in [0.717, 1.165) is 0 Å². The normalized spacial score (nSPS) is 11.2. The average molecular weight is 284 g/mol. The predicted octanol–water partition coefficient (Wildman–Crippen LogP) is 2.12. The minimum absolute atomic E-state index is 0.00380. The summed E-state index contributed by atoms with van der Waals surface area (Å²) >= 11 is 5.84. The highest BCUT2D eigenvalue weighted by atomic mass is 35.5. The second-order valence-electron chi connectivity index (χ2n) is 3.48. The largest absolute Gasteiger partial charge is 0.384 e. The van der Waals surface area contributed by atoms with Crippen molar-refractivity contribution >= 4 is 33.3 Å². The van der Waals surface area contributed by atoms with Gasteiger partial charge >= 0.3 is 0 Å². The molecule has 0 bridgehead atoms. The summed E-state index contributed by atoms with van der Waals surface area (Å²) in [5, 5.41) is 0.147. The highest BCUT2D eigenvalue weighted by Crippen LogP contribution is 2.22. The van der Waals surface area contributed by atoms with Gasteiger partial charge in [0.1, 0.15) is 16.5 Å². The first-order valence-corrected chi connectivity index (χ1v) is 6.85. The molecule has 0 amide bonds. The molecule has 3 N–H and O–H groups in total. The summed E-state index contributed by atoms with van der Waals surface area (Å²) in [7, 11) is -3.76. The number of halogens is 1. The molecule has 18 heavy (non-hydrogen) atoms. The lowest BCUT2D eigenvalue weighted by Crippen LogP contribution is -2.14. The zero-order valence-corrected chi connectivity index (χ0v) is 10.7. The number of hydrogen-bond donors (Lipinski definition) is 2. The molecule has 94 valence electrons. The monoisotopic (exact) mass is 283 g/mol. The van der Waals surface area contributed by atoms with Gasteiger partial charge in [-0.3, -0.25) is 4.72 Å². The van der Waals surface area contributed by atoms with Crippen molar-refractivity contribution in [2.24, 2.45) is 0 Å². The molecule has 0 saturated heterocycles. The molecule has 0 aliphatic heterocycles. The Labute approximate surface area is 110 Å². The quantitative estimate of drug-likeness (QED) is 0.903. The van der Waals surface area contributed by atoms with Crippen molar-refractivity contribution in [3.8, 4) is 0 Å². The lowest BCUT2D eigenvalue weighted by Gasteiger charge is -2.08. The van der Waals surface area contributed by atoms with E-state index in [4.69, 9.17) is 17.3 Å². The van der Waals surface area contributed by atoms with Gasteiger partial charge in [-0.25, -0.2) is 13.4 Å². The Kier molecular flexibility index (Phi) is 3.40. The lowest BCUT2D eigenvalue weighted by molar-refractivity contribution is 0.601. The third kappa shape index (κ3) is 2.72. The molecule has 0 atom stereocenters. The van der Waals surface area contributed by atoms with Crippen molar-refractivity contribution in [2.45, 2.75) is 4.90 Å². The maximum Gasteiger partial charge on any atom is 0.264 e. The molecular weight excluding hydrogens is 274 g/mol. The van der Waals surface area contributed by atoms with Gasteiger partial charge in [0, 0.05) is 0 Å². The van der Waals surface area contributed by atoms with Gasteiger partial charge in [0.25, 0.3) is 10.0 Å². The number of nitrogen functional groups attached to an aromatic ring is 1. The zero-order valence-electron chi connectivity index (χ0n) is 9.17. The molecule has 1 aromatic heterocycles. The van der Waals surface area contributed by atoms with Crippen molar-refractivity contribution in [1.82, 2.24) is 4.98 Å².